The first kappa shape index (κ1) is 14.7. The number of carbonyl (C=O) groups excluding carboxylic acids is 1. The van der Waals surface area contributed by atoms with Gasteiger partial charge in [-0.25, -0.2) is 0 Å². The summed E-state index contributed by atoms with van der Waals surface area (Å²) in [7, 11) is 0. The molecule has 1 heterocycles. The van der Waals surface area contributed by atoms with Gasteiger partial charge >= 0.3 is 0 Å². The van der Waals surface area contributed by atoms with Gasteiger partial charge in [-0.3, -0.25) is 4.79 Å². The van der Waals surface area contributed by atoms with Crippen molar-refractivity contribution in [2.24, 2.45) is 5.92 Å². The number of nitrogens with one attached hydrogen (secondary N) is 1. The molecule has 0 aliphatic rings. The summed E-state index contributed by atoms with van der Waals surface area (Å²) in [5.41, 5.74) is 0. The summed E-state index contributed by atoms with van der Waals surface area (Å²) >= 11 is 1.38. The molecule has 3 nitrogen and oxygen atoms in total. The summed E-state index contributed by atoms with van der Waals surface area (Å²) in [5, 5.41) is 11.5. The van der Waals surface area contributed by atoms with E-state index >= 15 is 0 Å². The van der Waals surface area contributed by atoms with Crippen molar-refractivity contribution in [3.8, 4) is 11.8 Å². The first-order chi connectivity index (χ1) is 8.63. The maximum atomic E-state index is 11.8. The van der Waals surface area contributed by atoms with E-state index in [2.05, 4.69) is 31.0 Å². The molecule has 0 saturated heterocycles. The van der Waals surface area contributed by atoms with E-state index in [0.717, 1.165) is 11.3 Å². The van der Waals surface area contributed by atoms with Crippen LogP contribution in [0.15, 0.2) is 12.1 Å². The molecule has 1 aromatic heterocycles. The van der Waals surface area contributed by atoms with Gasteiger partial charge < -0.3 is 10.4 Å². The SMILES string of the molecule is CC(C)CCNC(=O)c1ccc(C#CCCO)s1. The molecular weight excluding hydrogens is 246 g/mol. The second kappa shape index (κ2) is 7.91. The smallest absolute Gasteiger partial charge is 0.261 e. The van der Waals surface area contributed by atoms with E-state index in [1.807, 2.05) is 6.07 Å². The van der Waals surface area contributed by atoms with E-state index < -0.39 is 0 Å². The van der Waals surface area contributed by atoms with Gasteiger partial charge in [0.2, 0.25) is 0 Å². The minimum Gasteiger partial charge on any atom is -0.395 e. The topological polar surface area (TPSA) is 49.3 Å². The zero-order chi connectivity index (χ0) is 13.4. The molecule has 1 amide bonds. The standard InChI is InChI=1S/C14H19NO2S/c1-11(2)8-9-15-14(17)13-7-6-12(18-13)5-3-4-10-16/h6-7,11,16H,4,8-10H2,1-2H3,(H,15,17). The quantitative estimate of drug-likeness (QED) is 0.802. The fraction of sp³-hybridized carbons (Fsp3) is 0.500. The number of aliphatic hydroxyl groups is 1. The maximum Gasteiger partial charge on any atom is 0.261 e. The number of amides is 1. The average Bonchev–Trinajstić information content (AvgIpc) is 2.77. The van der Waals surface area contributed by atoms with Crippen LogP contribution in [0, 0.1) is 17.8 Å². The maximum absolute atomic E-state index is 11.8. The van der Waals surface area contributed by atoms with Crippen LogP contribution in [0.2, 0.25) is 0 Å². The van der Waals surface area contributed by atoms with Crippen LogP contribution in [-0.2, 0) is 0 Å². The third kappa shape index (κ3) is 5.35. The molecule has 18 heavy (non-hydrogen) atoms. The number of carbonyl (C=O) groups is 1. The predicted molar refractivity (Wildman–Crippen MR) is 74.7 cm³/mol. The van der Waals surface area contributed by atoms with Gasteiger partial charge in [0, 0.05) is 13.0 Å². The highest BCUT2D eigenvalue weighted by Gasteiger charge is 2.07. The van der Waals surface area contributed by atoms with Gasteiger partial charge in [-0.05, 0) is 24.5 Å². The van der Waals surface area contributed by atoms with Crippen LogP contribution in [-0.4, -0.2) is 24.2 Å². The van der Waals surface area contributed by atoms with E-state index in [1.54, 1.807) is 6.07 Å². The van der Waals surface area contributed by atoms with Crippen LogP contribution in [0.1, 0.15) is 41.2 Å². The third-order valence-corrected chi connectivity index (χ3v) is 3.28. The predicted octanol–water partition coefficient (Wildman–Crippen LogP) is 2.26. The number of hydrogen-bond acceptors (Lipinski definition) is 3. The molecule has 0 aromatic carbocycles. The van der Waals surface area contributed by atoms with Gasteiger partial charge in [0.15, 0.2) is 0 Å². The minimum absolute atomic E-state index is 0.0316. The lowest BCUT2D eigenvalue weighted by molar-refractivity contribution is 0.0956. The highest BCUT2D eigenvalue weighted by atomic mass is 32.1. The molecule has 1 rings (SSSR count). The molecule has 98 valence electrons. The summed E-state index contributed by atoms with van der Waals surface area (Å²) in [6, 6.07) is 3.63. The zero-order valence-corrected chi connectivity index (χ0v) is 11.6. The largest absolute Gasteiger partial charge is 0.395 e. The zero-order valence-electron chi connectivity index (χ0n) is 10.8. The molecule has 0 radical (unpaired) electrons. The summed E-state index contributed by atoms with van der Waals surface area (Å²) in [5.74, 6) is 6.32. The minimum atomic E-state index is -0.0316. The van der Waals surface area contributed by atoms with Gasteiger partial charge in [-0.1, -0.05) is 25.7 Å². The van der Waals surface area contributed by atoms with Crippen molar-refractivity contribution >= 4 is 17.2 Å². The Morgan fingerprint density at radius 2 is 2.28 bits per heavy atom. The van der Waals surface area contributed by atoms with Crippen molar-refractivity contribution in [3.05, 3.63) is 21.9 Å². The molecule has 4 heteroatoms. The fourth-order valence-corrected chi connectivity index (χ4v) is 2.09. The Balaban J connectivity index is 2.47. The highest BCUT2D eigenvalue weighted by molar-refractivity contribution is 7.14. The van der Waals surface area contributed by atoms with Crippen molar-refractivity contribution in [1.82, 2.24) is 5.32 Å². The Kier molecular flexibility index (Phi) is 6.48. The van der Waals surface area contributed by atoms with Crippen molar-refractivity contribution in [1.29, 1.82) is 0 Å². The fourth-order valence-electron chi connectivity index (χ4n) is 1.29. The van der Waals surface area contributed by atoms with Crippen molar-refractivity contribution in [2.45, 2.75) is 26.7 Å². The van der Waals surface area contributed by atoms with Gasteiger partial charge in [0.25, 0.3) is 5.91 Å². The Labute approximate surface area is 112 Å². The normalized spacial score (nSPS) is 10.0. The van der Waals surface area contributed by atoms with Gasteiger partial charge in [-0.15, -0.1) is 11.3 Å². The number of rotatable bonds is 5. The van der Waals surface area contributed by atoms with Gasteiger partial charge in [0.05, 0.1) is 16.4 Å². The lowest BCUT2D eigenvalue weighted by Gasteiger charge is -2.05. The van der Waals surface area contributed by atoms with E-state index in [-0.39, 0.29) is 12.5 Å². The molecule has 0 aliphatic carbocycles. The van der Waals surface area contributed by atoms with Crippen LogP contribution >= 0.6 is 11.3 Å². The van der Waals surface area contributed by atoms with E-state index in [9.17, 15) is 4.79 Å². The Morgan fingerprint density at radius 1 is 1.50 bits per heavy atom. The number of aliphatic hydroxyl groups excluding tert-OH is 1. The Hall–Kier alpha value is -1.31. The molecular formula is C14H19NO2S. The lowest BCUT2D eigenvalue weighted by Crippen LogP contribution is -2.24. The second-order valence-corrected chi connectivity index (χ2v) is 5.46. The van der Waals surface area contributed by atoms with Crippen molar-refractivity contribution in [2.75, 3.05) is 13.2 Å². The third-order valence-electron chi connectivity index (χ3n) is 2.29. The van der Waals surface area contributed by atoms with E-state index in [1.165, 1.54) is 11.3 Å². The number of thiophene rings is 1. The molecule has 0 fully saturated rings. The molecule has 0 bridgehead atoms. The monoisotopic (exact) mass is 265 g/mol. The van der Waals surface area contributed by atoms with E-state index in [4.69, 9.17) is 5.11 Å². The van der Waals surface area contributed by atoms with Gasteiger partial charge in [0.1, 0.15) is 0 Å². The van der Waals surface area contributed by atoms with Crippen molar-refractivity contribution < 1.29 is 9.90 Å². The molecule has 0 saturated carbocycles. The summed E-state index contributed by atoms with van der Waals surface area (Å²) in [6.07, 6.45) is 1.45. The Morgan fingerprint density at radius 3 is 2.94 bits per heavy atom. The van der Waals surface area contributed by atoms with Crippen LogP contribution in [0.25, 0.3) is 0 Å². The molecule has 1 aromatic rings. The second-order valence-electron chi connectivity index (χ2n) is 4.38. The molecule has 0 spiro atoms. The highest BCUT2D eigenvalue weighted by Crippen LogP contribution is 2.15. The van der Waals surface area contributed by atoms with Crippen LogP contribution in [0.4, 0.5) is 0 Å². The van der Waals surface area contributed by atoms with Crippen LogP contribution in [0.5, 0.6) is 0 Å². The Bertz CT molecular complexity index is 440. The summed E-state index contributed by atoms with van der Waals surface area (Å²) < 4.78 is 0. The number of hydrogen-bond donors (Lipinski definition) is 2. The first-order valence-electron chi connectivity index (χ1n) is 6.11. The summed E-state index contributed by atoms with van der Waals surface area (Å²) in [4.78, 5) is 13.3. The average molecular weight is 265 g/mol. The van der Waals surface area contributed by atoms with Crippen molar-refractivity contribution in [3.63, 3.8) is 0 Å². The van der Waals surface area contributed by atoms with Gasteiger partial charge in [-0.2, -0.15) is 0 Å². The summed E-state index contributed by atoms with van der Waals surface area (Å²) in [6.45, 7) is 5.04. The van der Waals surface area contributed by atoms with Crippen LogP contribution in [0.3, 0.4) is 0 Å². The molecule has 0 unspecified atom stereocenters. The molecule has 2 N–H and O–H groups in total. The first-order valence-corrected chi connectivity index (χ1v) is 6.93. The molecule has 0 atom stereocenters. The lowest BCUT2D eigenvalue weighted by atomic mass is 10.1. The molecule has 0 aliphatic heterocycles. The van der Waals surface area contributed by atoms with E-state index in [0.29, 0.717) is 23.8 Å². The van der Waals surface area contributed by atoms with Crippen LogP contribution < -0.4 is 5.32 Å².